The molecule has 3 fully saturated rings. The minimum Gasteiger partial charge on any atom is -0.380 e. The van der Waals surface area contributed by atoms with E-state index in [0.717, 1.165) is 32.1 Å². The van der Waals surface area contributed by atoms with Crippen LogP contribution in [0.2, 0.25) is 0 Å². The predicted octanol–water partition coefficient (Wildman–Crippen LogP) is 2.80. The van der Waals surface area contributed by atoms with Crippen LogP contribution < -0.4 is 5.32 Å². The lowest BCUT2D eigenvalue weighted by Gasteiger charge is -2.53. The van der Waals surface area contributed by atoms with Crippen molar-refractivity contribution in [2.45, 2.75) is 69.9 Å². The van der Waals surface area contributed by atoms with Gasteiger partial charge in [-0.2, -0.15) is 0 Å². The molecule has 20 heavy (non-hydrogen) atoms. The van der Waals surface area contributed by atoms with Crippen molar-refractivity contribution in [3.8, 4) is 0 Å². The molecule has 0 aromatic rings. The molecule has 3 nitrogen and oxygen atoms in total. The highest BCUT2D eigenvalue weighted by molar-refractivity contribution is 5.10. The Labute approximate surface area is 124 Å². The predicted molar refractivity (Wildman–Crippen MR) is 83.0 cm³/mol. The molecule has 0 aromatic carbocycles. The summed E-state index contributed by atoms with van der Waals surface area (Å²) in [7, 11) is 0. The minimum absolute atomic E-state index is 0.360. The topological polar surface area (TPSA) is 24.5 Å². The molecule has 0 amide bonds. The van der Waals surface area contributed by atoms with Crippen LogP contribution in [0.5, 0.6) is 0 Å². The van der Waals surface area contributed by atoms with Gasteiger partial charge in [0.05, 0.1) is 6.61 Å². The van der Waals surface area contributed by atoms with Crippen molar-refractivity contribution >= 4 is 0 Å². The van der Waals surface area contributed by atoms with Crippen LogP contribution in [0.15, 0.2) is 0 Å². The molecule has 2 saturated carbocycles. The normalized spacial score (nSPS) is 33.9. The van der Waals surface area contributed by atoms with Gasteiger partial charge in [0.2, 0.25) is 0 Å². The van der Waals surface area contributed by atoms with E-state index >= 15 is 0 Å². The highest BCUT2D eigenvalue weighted by Gasteiger charge is 2.51. The molecule has 3 rings (SSSR count). The molecule has 1 heterocycles. The van der Waals surface area contributed by atoms with Crippen LogP contribution in [0.4, 0.5) is 0 Å². The Hall–Kier alpha value is -0.120. The summed E-state index contributed by atoms with van der Waals surface area (Å²) < 4.78 is 5.77. The Morgan fingerprint density at radius 1 is 1.20 bits per heavy atom. The molecule has 116 valence electrons. The van der Waals surface area contributed by atoms with E-state index in [9.17, 15) is 0 Å². The third-order valence-electron chi connectivity index (χ3n) is 5.88. The van der Waals surface area contributed by atoms with Crippen molar-refractivity contribution in [3.63, 3.8) is 0 Å². The Morgan fingerprint density at radius 3 is 2.60 bits per heavy atom. The lowest BCUT2D eigenvalue weighted by Crippen LogP contribution is -2.69. The standard InChI is InChI=1S/C17H32N2O/c1-3-11-20-12-10-19-14-16(2,15-6-7-15)18-13-17(19)8-4-5-9-17/h15,18H,3-14H2,1-2H3. The van der Waals surface area contributed by atoms with Gasteiger partial charge in [0.1, 0.15) is 0 Å². The molecular weight excluding hydrogens is 248 g/mol. The maximum Gasteiger partial charge on any atom is 0.0593 e. The van der Waals surface area contributed by atoms with E-state index in [2.05, 4.69) is 24.1 Å². The maximum atomic E-state index is 5.77. The van der Waals surface area contributed by atoms with Crippen LogP contribution in [0.3, 0.4) is 0 Å². The summed E-state index contributed by atoms with van der Waals surface area (Å²) >= 11 is 0. The van der Waals surface area contributed by atoms with Gasteiger partial charge in [-0.25, -0.2) is 0 Å². The SMILES string of the molecule is CCCOCCN1CC(C)(C2CC2)NCC12CCCC2. The smallest absolute Gasteiger partial charge is 0.0593 e. The van der Waals surface area contributed by atoms with Crippen LogP contribution in [0.25, 0.3) is 0 Å². The molecule has 1 spiro atoms. The number of hydrogen-bond donors (Lipinski definition) is 1. The quantitative estimate of drug-likeness (QED) is 0.757. The number of rotatable bonds is 6. The van der Waals surface area contributed by atoms with Gasteiger partial charge in [-0.3, -0.25) is 4.90 Å². The van der Waals surface area contributed by atoms with E-state index in [1.165, 1.54) is 51.6 Å². The lowest BCUT2D eigenvalue weighted by atomic mass is 9.84. The molecule has 0 radical (unpaired) electrons. The first-order valence-corrected chi connectivity index (χ1v) is 8.76. The van der Waals surface area contributed by atoms with E-state index in [1.54, 1.807) is 0 Å². The van der Waals surface area contributed by atoms with E-state index < -0.39 is 0 Å². The molecule has 1 atom stereocenters. The Morgan fingerprint density at radius 2 is 1.95 bits per heavy atom. The molecular formula is C17H32N2O. The summed E-state index contributed by atoms with van der Waals surface area (Å²) in [5.41, 5.74) is 0.808. The monoisotopic (exact) mass is 280 g/mol. The van der Waals surface area contributed by atoms with Gasteiger partial charge in [0.15, 0.2) is 0 Å². The highest BCUT2D eigenvalue weighted by Crippen LogP contribution is 2.45. The summed E-state index contributed by atoms with van der Waals surface area (Å²) in [6, 6.07) is 0. The van der Waals surface area contributed by atoms with Crippen molar-refractivity contribution < 1.29 is 4.74 Å². The molecule has 3 aliphatic rings. The average molecular weight is 280 g/mol. The second kappa shape index (κ2) is 5.94. The number of piperazine rings is 1. The van der Waals surface area contributed by atoms with Crippen LogP contribution in [0, 0.1) is 5.92 Å². The molecule has 1 unspecified atom stereocenters. The zero-order valence-electron chi connectivity index (χ0n) is 13.4. The second-order valence-electron chi connectivity index (χ2n) is 7.51. The highest BCUT2D eigenvalue weighted by atomic mass is 16.5. The Bertz CT molecular complexity index is 323. The largest absolute Gasteiger partial charge is 0.380 e. The first-order valence-electron chi connectivity index (χ1n) is 8.76. The summed E-state index contributed by atoms with van der Waals surface area (Å²) in [5.74, 6) is 0.917. The number of nitrogens with zero attached hydrogens (tertiary/aromatic N) is 1. The Balaban J connectivity index is 1.62. The third-order valence-corrected chi connectivity index (χ3v) is 5.88. The second-order valence-corrected chi connectivity index (χ2v) is 7.51. The zero-order valence-corrected chi connectivity index (χ0v) is 13.4. The maximum absolute atomic E-state index is 5.77. The fraction of sp³-hybridized carbons (Fsp3) is 1.00. The van der Waals surface area contributed by atoms with E-state index in [1.807, 2.05) is 0 Å². The van der Waals surface area contributed by atoms with E-state index in [-0.39, 0.29) is 0 Å². The van der Waals surface area contributed by atoms with Gasteiger partial charge >= 0.3 is 0 Å². The van der Waals surface area contributed by atoms with Crippen molar-refractivity contribution in [2.24, 2.45) is 5.92 Å². The Kier molecular flexibility index (Phi) is 4.40. The van der Waals surface area contributed by atoms with Crippen molar-refractivity contribution in [1.29, 1.82) is 0 Å². The molecule has 1 saturated heterocycles. The summed E-state index contributed by atoms with van der Waals surface area (Å²) in [6.45, 7) is 10.0. The first-order chi connectivity index (χ1) is 9.69. The van der Waals surface area contributed by atoms with Gasteiger partial charge < -0.3 is 10.1 Å². The van der Waals surface area contributed by atoms with E-state index in [4.69, 9.17) is 4.74 Å². The lowest BCUT2D eigenvalue weighted by molar-refractivity contribution is -0.0145. The van der Waals surface area contributed by atoms with Gasteiger partial charge in [-0.15, -0.1) is 0 Å². The molecule has 3 heteroatoms. The number of hydrogen-bond acceptors (Lipinski definition) is 3. The van der Waals surface area contributed by atoms with Gasteiger partial charge in [0.25, 0.3) is 0 Å². The van der Waals surface area contributed by atoms with Gasteiger partial charge in [-0.05, 0) is 44.9 Å². The third kappa shape index (κ3) is 2.90. The zero-order chi connectivity index (χ0) is 14.1. The van der Waals surface area contributed by atoms with Crippen molar-refractivity contribution in [2.75, 3.05) is 32.8 Å². The first kappa shape index (κ1) is 14.8. The van der Waals surface area contributed by atoms with Crippen LogP contribution >= 0.6 is 0 Å². The minimum atomic E-state index is 0.360. The van der Waals surface area contributed by atoms with Crippen LogP contribution in [-0.2, 0) is 4.74 Å². The molecule has 2 aliphatic carbocycles. The van der Waals surface area contributed by atoms with Gasteiger partial charge in [-0.1, -0.05) is 19.8 Å². The number of ether oxygens (including phenoxy) is 1. The summed E-state index contributed by atoms with van der Waals surface area (Å²) in [6.07, 6.45) is 9.57. The van der Waals surface area contributed by atoms with E-state index in [0.29, 0.717) is 11.1 Å². The van der Waals surface area contributed by atoms with Gasteiger partial charge in [0, 0.05) is 37.3 Å². The average Bonchev–Trinajstić information content (AvgIpc) is 3.21. The van der Waals surface area contributed by atoms with Crippen molar-refractivity contribution in [1.82, 2.24) is 10.2 Å². The molecule has 0 bridgehead atoms. The molecule has 1 N–H and O–H groups in total. The van der Waals surface area contributed by atoms with Crippen LogP contribution in [-0.4, -0.2) is 48.8 Å². The molecule has 0 aromatic heterocycles. The summed E-state index contributed by atoms with van der Waals surface area (Å²) in [4.78, 5) is 2.80. The fourth-order valence-corrected chi connectivity index (χ4v) is 4.36. The van der Waals surface area contributed by atoms with Crippen molar-refractivity contribution in [3.05, 3.63) is 0 Å². The number of nitrogens with one attached hydrogen (secondary N) is 1. The van der Waals surface area contributed by atoms with Crippen LogP contribution in [0.1, 0.15) is 58.8 Å². The molecule has 1 aliphatic heterocycles. The fourth-order valence-electron chi connectivity index (χ4n) is 4.36. The summed E-state index contributed by atoms with van der Waals surface area (Å²) in [5, 5.41) is 3.94.